The van der Waals surface area contributed by atoms with Gasteiger partial charge in [0, 0.05) is 12.0 Å². The van der Waals surface area contributed by atoms with Crippen molar-refractivity contribution < 1.29 is 4.79 Å². The summed E-state index contributed by atoms with van der Waals surface area (Å²) in [5.74, 6) is 0.224. The number of Topliss-reactive ketones (excluding diaryl/α,β-unsaturated/α-hetero) is 1. The lowest BCUT2D eigenvalue weighted by atomic mass is 9.86. The third kappa shape index (κ3) is 2.16. The van der Waals surface area contributed by atoms with Gasteiger partial charge in [-0.1, -0.05) is 20.8 Å². The summed E-state index contributed by atoms with van der Waals surface area (Å²) in [6.45, 7) is 6.70. The summed E-state index contributed by atoms with van der Waals surface area (Å²) in [6.07, 6.45) is 3.15. The Morgan fingerprint density at radius 2 is 2.00 bits per heavy atom. The van der Waals surface area contributed by atoms with Crippen LogP contribution in [0.2, 0.25) is 0 Å². The molecule has 1 heterocycles. The molecule has 0 atom stereocenters. The van der Waals surface area contributed by atoms with Crippen LogP contribution in [0.4, 0.5) is 0 Å². The lowest BCUT2D eigenvalue weighted by molar-refractivity contribution is -0.119. The highest BCUT2D eigenvalue weighted by Gasteiger charge is 2.26. The number of nitrogens with zero attached hydrogens (tertiary/aromatic N) is 1. The Hall–Kier alpha value is -0.660. The minimum atomic E-state index is -0.254. The molecule has 2 nitrogen and oxygen atoms in total. The molecular weight excluding hydrogens is 150 g/mol. The van der Waals surface area contributed by atoms with Gasteiger partial charge in [0.25, 0.3) is 0 Å². The van der Waals surface area contributed by atoms with Crippen molar-refractivity contribution in [3.8, 4) is 0 Å². The van der Waals surface area contributed by atoms with Crippen molar-refractivity contribution in [3.05, 3.63) is 0 Å². The second-order valence-corrected chi connectivity index (χ2v) is 4.36. The first-order valence-corrected chi connectivity index (χ1v) is 4.60. The van der Waals surface area contributed by atoms with Gasteiger partial charge < -0.3 is 0 Å². The highest BCUT2D eigenvalue weighted by atomic mass is 16.1. The molecule has 2 heteroatoms. The van der Waals surface area contributed by atoms with Crippen molar-refractivity contribution in [3.63, 3.8) is 0 Å². The van der Waals surface area contributed by atoms with Crippen LogP contribution in [0.5, 0.6) is 0 Å². The number of ketones is 1. The van der Waals surface area contributed by atoms with Crippen molar-refractivity contribution in [2.75, 3.05) is 6.54 Å². The molecule has 1 rings (SSSR count). The van der Waals surface area contributed by atoms with E-state index in [0.717, 1.165) is 31.5 Å². The third-order valence-corrected chi connectivity index (χ3v) is 2.07. The molecule has 0 spiro atoms. The van der Waals surface area contributed by atoms with Crippen molar-refractivity contribution in [1.29, 1.82) is 0 Å². The van der Waals surface area contributed by atoms with Crippen molar-refractivity contribution >= 4 is 11.5 Å². The third-order valence-electron chi connectivity index (χ3n) is 2.07. The number of rotatable bonds is 1. The SMILES string of the molecule is CC(C)(C)C(=O)C1=NCCCC1. The van der Waals surface area contributed by atoms with Gasteiger partial charge in [0.15, 0.2) is 5.78 Å². The van der Waals surface area contributed by atoms with E-state index in [1.54, 1.807) is 0 Å². The van der Waals surface area contributed by atoms with Crippen LogP contribution in [0.1, 0.15) is 40.0 Å². The summed E-state index contributed by atoms with van der Waals surface area (Å²) in [6, 6.07) is 0. The Bertz CT molecular complexity index is 210. The fraction of sp³-hybridized carbons (Fsp3) is 0.800. The van der Waals surface area contributed by atoms with Gasteiger partial charge in [-0.25, -0.2) is 0 Å². The molecular formula is C10H17NO. The molecule has 0 aliphatic carbocycles. The summed E-state index contributed by atoms with van der Waals surface area (Å²) >= 11 is 0. The molecule has 0 bridgehead atoms. The Morgan fingerprint density at radius 1 is 1.33 bits per heavy atom. The van der Waals surface area contributed by atoms with Crippen LogP contribution in [0.3, 0.4) is 0 Å². The zero-order valence-electron chi connectivity index (χ0n) is 8.18. The standard InChI is InChI=1S/C10H17NO/c1-10(2,3)9(12)8-6-4-5-7-11-8/h4-7H2,1-3H3. The highest BCUT2D eigenvalue weighted by Crippen LogP contribution is 2.19. The molecule has 0 unspecified atom stereocenters. The molecule has 0 aromatic rings. The Kier molecular flexibility index (Phi) is 2.65. The predicted molar refractivity (Wildman–Crippen MR) is 50.6 cm³/mol. The van der Waals surface area contributed by atoms with Gasteiger partial charge in [-0.2, -0.15) is 0 Å². The van der Waals surface area contributed by atoms with Crippen LogP contribution in [0, 0.1) is 5.41 Å². The molecule has 0 aromatic carbocycles. The van der Waals surface area contributed by atoms with Gasteiger partial charge >= 0.3 is 0 Å². The van der Waals surface area contributed by atoms with Gasteiger partial charge in [0.2, 0.25) is 0 Å². The van der Waals surface area contributed by atoms with E-state index in [2.05, 4.69) is 4.99 Å². The maximum atomic E-state index is 11.7. The first-order chi connectivity index (χ1) is 5.52. The lowest BCUT2D eigenvalue weighted by Crippen LogP contribution is -2.30. The van der Waals surface area contributed by atoms with Crippen LogP contribution < -0.4 is 0 Å². The minimum absolute atomic E-state index is 0.224. The summed E-state index contributed by atoms with van der Waals surface area (Å²) in [5, 5.41) is 0. The maximum Gasteiger partial charge on any atom is 0.181 e. The average Bonchev–Trinajstić information content (AvgIpc) is 2.03. The van der Waals surface area contributed by atoms with Gasteiger partial charge in [0.05, 0.1) is 5.71 Å². The fourth-order valence-corrected chi connectivity index (χ4v) is 1.32. The Labute approximate surface area is 74.1 Å². The molecule has 0 radical (unpaired) electrons. The largest absolute Gasteiger partial charge is 0.292 e. The van der Waals surface area contributed by atoms with Crippen molar-refractivity contribution in [1.82, 2.24) is 0 Å². The molecule has 1 aliphatic heterocycles. The van der Waals surface area contributed by atoms with Crippen LogP contribution >= 0.6 is 0 Å². The predicted octanol–water partition coefficient (Wildman–Crippen LogP) is 2.23. The molecule has 0 aromatic heterocycles. The lowest BCUT2D eigenvalue weighted by Gasteiger charge is -2.19. The van der Waals surface area contributed by atoms with Gasteiger partial charge in [0.1, 0.15) is 0 Å². The molecule has 0 saturated carbocycles. The van der Waals surface area contributed by atoms with Gasteiger partial charge in [-0.05, 0) is 19.3 Å². The summed E-state index contributed by atoms with van der Waals surface area (Å²) in [7, 11) is 0. The maximum absolute atomic E-state index is 11.7. The normalized spacial score (nSPS) is 18.8. The first-order valence-electron chi connectivity index (χ1n) is 4.60. The summed E-state index contributed by atoms with van der Waals surface area (Å²) in [4.78, 5) is 16.0. The number of aliphatic imine (C=N–C) groups is 1. The molecule has 0 saturated heterocycles. The number of carbonyl (C=O) groups is 1. The zero-order valence-corrected chi connectivity index (χ0v) is 8.18. The minimum Gasteiger partial charge on any atom is -0.292 e. The fourth-order valence-electron chi connectivity index (χ4n) is 1.32. The van der Waals surface area contributed by atoms with E-state index < -0.39 is 0 Å². The first kappa shape index (κ1) is 9.43. The monoisotopic (exact) mass is 167 g/mol. The van der Waals surface area contributed by atoms with E-state index >= 15 is 0 Å². The van der Waals surface area contributed by atoms with Gasteiger partial charge in [-0.3, -0.25) is 9.79 Å². The molecule has 0 N–H and O–H groups in total. The number of carbonyl (C=O) groups excluding carboxylic acids is 1. The van der Waals surface area contributed by atoms with Crippen molar-refractivity contribution in [2.45, 2.75) is 40.0 Å². The van der Waals surface area contributed by atoms with E-state index in [0.29, 0.717) is 0 Å². The van der Waals surface area contributed by atoms with E-state index in [4.69, 9.17) is 0 Å². The van der Waals surface area contributed by atoms with Crippen molar-refractivity contribution in [2.24, 2.45) is 10.4 Å². The summed E-state index contributed by atoms with van der Waals surface area (Å²) in [5.41, 5.74) is 0.560. The van der Waals surface area contributed by atoms with Gasteiger partial charge in [-0.15, -0.1) is 0 Å². The van der Waals surface area contributed by atoms with E-state index in [1.165, 1.54) is 0 Å². The second-order valence-electron chi connectivity index (χ2n) is 4.36. The highest BCUT2D eigenvalue weighted by molar-refractivity contribution is 6.41. The molecule has 68 valence electrons. The zero-order chi connectivity index (χ0) is 9.19. The summed E-state index contributed by atoms with van der Waals surface area (Å²) < 4.78 is 0. The van der Waals surface area contributed by atoms with Crippen LogP contribution in [0.25, 0.3) is 0 Å². The molecule has 12 heavy (non-hydrogen) atoms. The van der Waals surface area contributed by atoms with E-state index in [1.807, 2.05) is 20.8 Å². The van der Waals surface area contributed by atoms with Crippen LogP contribution in [-0.2, 0) is 4.79 Å². The van der Waals surface area contributed by atoms with E-state index in [9.17, 15) is 4.79 Å². The smallest absolute Gasteiger partial charge is 0.181 e. The average molecular weight is 167 g/mol. The van der Waals surface area contributed by atoms with E-state index in [-0.39, 0.29) is 11.2 Å². The number of hydrogen-bond donors (Lipinski definition) is 0. The van der Waals surface area contributed by atoms with Crippen LogP contribution in [0.15, 0.2) is 4.99 Å². The Balaban J connectivity index is 2.70. The molecule has 0 amide bonds. The molecule has 1 aliphatic rings. The quantitative estimate of drug-likeness (QED) is 0.589. The Morgan fingerprint density at radius 3 is 2.42 bits per heavy atom. The van der Waals surface area contributed by atoms with Crippen LogP contribution in [-0.4, -0.2) is 18.0 Å². The number of hydrogen-bond acceptors (Lipinski definition) is 2. The topological polar surface area (TPSA) is 29.4 Å². The second kappa shape index (κ2) is 3.38. The molecule has 0 fully saturated rings.